The van der Waals surface area contributed by atoms with Crippen LogP contribution in [0.1, 0.15) is 16.8 Å². The largest absolute Gasteiger partial charge is 0.398 e. The number of hydrogen-bond acceptors (Lipinski definition) is 2. The molecule has 0 amide bonds. The van der Waals surface area contributed by atoms with Crippen LogP contribution in [0.25, 0.3) is 10.9 Å². The minimum Gasteiger partial charge on any atom is -0.398 e. The molecule has 1 heterocycles. The average Bonchev–Trinajstić information content (AvgIpc) is 2.17. The molecule has 2 nitrogen and oxygen atoms in total. The number of benzene rings is 1. The van der Waals surface area contributed by atoms with Crippen molar-refractivity contribution in [1.82, 2.24) is 4.98 Å². The van der Waals surface area contributed by atoms with Crippen molar-refractivity contribution in [1.29, 1.82) is 0 Å². The molecule has 0 fully saturated rings. The molecule has 0 aliphatic carbocycles. The van der Waals surface area contributed by atoms with E-state index in [1.54, 1.807) is 0 Å². The summed E-state index contributed by atoms with van der Waals surface area (Å²) in [6, 6.07) is 3.93. The number of aromatic nitrogens is 1. The lowest BCUT2D eigenvalue weighted by molar-refractivity contribution is 1.20. The van der Waals surface area contributed by atoms with Crippen molar-refractivity contribution in [3.8, 4) is 0 Å². The molecule has 0 saturated carbocycles. The monoisotopic (exact) mass is 220 g/mol. The van der Waals surface area contributed by atoms with Crippen LogP contribution in [0.4, 0.5) is 5.69 Å². The second-order valence-corrected chi connectivity index (χ2v) is 4.29. The summed E-state index contributed by atoms with van der Waals surface area (Å²) in [4.78, 5) is 4.46. The van der Waals surface area contributed by atoms with E-state index in [0.29, 0.717) is 5.02 Å². The summed E-state index contributed by atoms with van der Waals surface area (Å²) in [5, 5.41) is 1.61. The van der Waals surface area contributed by atoms with E-state index in [1.165, 1.54) is 0 Å². The van der Waals surface area contributed by atoms with Gasteiger partial charge >= 0.3 is 0 Å². The molecule has 2 N–H and O–H groups in total. The van der Waals surface area contributed by atoms with E-state index < -0.39 is 0 Å². The Kier molecular flexibility index (Phi) is 2.31. The number of aryl methyl sites for hydroxylation is 2. The van der Waals surface area contributed by atoms with Crippen molar-refractivity contribution in [2.75, 3.05) is 5.73 Å². The number of nitrogen functional groups attached to an aromatic ring is 1. The van der Waals surface area contributed by atoms with Gasteiger partial charge in [0, 0.05) is 16.8 Å². The molecule has 0 aliphatic heterocycles. The number of hydrogen-bond donors (Lipinski definition) is 1. The maximum absolute atomic E-state index is 6.14. The number of halogens is 1. The molecule has 15 heavy (non-hydrogen) atoms. The molecular weight excluding hydrogens is 208 g/mol. The molecule has 1 aromatic heterocycles. The fraction of sp³-hybridized carbons (Fsp3) is 0.250. The Balaban J connectivity index is 2.98. The summed E-state index contributed by atoms with van der Waals surface area (Å²) >= 11 is 6.14. The molecule has 1 aromatic carbocycles. The van der Waals surface area contributed by atoms with E-state index in [2.05, 4.69) is 4.98 Å². The predicted octanol–water partition coefficient (Wildman–Crippen LogP) is 3.40. The van der Waals surface area contributed by atoms with Crippen LogP contribution in [-0.2, 0) is 0 Å². The van der Waals surface area contributed by atoms with Gasteiger partial charge in [0.15, 0.2) is 0 Å². The van der Waals surface area contributed by atoms with Gasteiger partial charge in [-0.2, -0.15) is 0 Å². The molecule has 0 bridgehead atoms. The Morgan fingerprint density at radius 1 is 1.20 bits per heavy atom. The van der Waals surface area contributed by atoms with Crippen LogP contribution in [0, 0.1) is 20.8 Å². The third-order valence-corrected chi connectivity index (χ3v) is 3.01. The van der Waals surface area contributed by atoms with Gasteiger partial charge < -0.3 is 5.73 Å². The third kappa shape index (κ3) is 1.55. The number of anilines is 1. The van der Waals surface area contributed by atoms with E-state index in [0.717, 1.165) is 33.4 Å². The van der Waals surface area contributed by atoms with Gasteiger partial charge in [0.1, 0.15) is 0 Å². The number of pyridine rings is 1. The van der Waals surface area contributed by atoms with Crippen LogP contribution in [0.2, 0.25) is 5.02 Å². The van der Waals surface area contributed by atoms with Crippen molar-refractivity contribution in [2.24, 2.45) is 0 Å². The van der Waals surface area contributed by atoms with Gasteiger partial charge in [-0.15, -0.1) is 0 Å². The zero-order valence-corrected chi connectivity index (χ0v) is 9.81. The zero-order chi connectivity index (χ0) is 11.2. The minimum atomic E-state index is 0.666. The quantitative estimate of drug-likeness (QED) is 0.739. The van der Waals surface area contributed by atoms with Crippen LogP contribution in [-0.4, -0.2) is 4.98 Å². The third-order valence-electron chi connectivity index (χ3n) is 2.72. The zero-order valence-electron chi connectivity index (χ0n) is 9.06. The molecule has 2 aromatic rings. The van der Waals surface area contributed by atoms with Crippen molar-refractivity contribution < 1.29 is 0 Å². The molecule has 0 radical (unpaired) electrons. The number of fused-ring (bicyclic) bond motifs is 1. The number of nitrogens with two attached hydrogens (primary N) is 1. The normalized spacial score (nSPS) is 10.9. The molecule has 3 heteroatoms. The lowest BCUT2D eigenvalue weighted by atomic mass is 10.1. The fourth-order valence-electron chi connectivity index (χ4n) is 1.70. The molecule has 2 rings (SSSR count). The summed E-state index contributed by atoms with van der Waals surface area (Å²) in [5.74, 6) is 0. The van der Waals surface area contributed by atoms with Gasteiger partial charge in [0.2, 0.25) is 0 Å². The van der Waals surface area contributed by atoms with Crippen LogP contribution in [0.15, 0.2) is 12.1 Å². The lowest BCUT2D eigenvalue weighted by Gasteiger charge is -2.10. The van der Waals surface area contributed by atoms with Gasteiger partial charge in [-0.3, -0.25) is 4.98 Å². The van der Waals surface area contributed by atoms with Gasteiger partial charge in [-0.05, 0) is 44.0 Å². The van der Waals surface area contributed by atoms with Gasteiger partial charge in [0.05, 0.1) is 10.5 Å². The Morgan fingerprint density at radius 2 is 1.87 bits per heavy atom. The summed E-state index contributed by atoms with van der Waals surface area (Å²) in [7, 11) is 0. The smallest absolute Gasteiger partial charge is 0.0912 e. The average molecular weight is 221 g/mol. The van der Waals surface area contributed by atoms with Crippen LogP contribution in [0.5, 0.6) is 0 Å². The molecule has 78 valence electrons. The Hall–Kier alpha value is -1.28. The fourth-order valence-corrected chi connectivity index (χ4v) is 2.02. The van der Waals surface area contributed by atoms with Crippen molar-refractivity contribution in [2.45, 2.75) is 20.8 Å². The second kappa shape index (κ2) is 3.38. The van der Waals surface area contributed by atoms with Gasteiger partial charge in [-0.1, -0.05) is 11.6 Å². The van der Waals surface area contributed by atoms with E-state index in [-0.39, 0.29) is 0 Å². The van der Waals surface area contributed by atoms with E-state index in [4.69, 9.17) is 17.3 Å². The Bertz CT molecular complexity index is 547. The first-order valence-electron chi connectivity index (χ1n) is 4.83. The molecular formula is C12H13ClN2. The van der Waals surface area contributed by atoms with Crippen molar-refractivity contribution >= 4 is 28.2 Å². The summed E-state index contributed by atoms with van der Waals surface area (Å²) < 4.78 is 0. The first kappa shape index (κ1) is 10.2. The van der Waals surface area contributed by atoms with Crippen LogP contribution >= 0.6 is 11.6 Å². The van der Waals surface area contributed by atoms with Crippen molar-refractivity contribution in [3.05, 3.63) is 34.0 Å². The first-order chi connectivity index (χ1) is 7.00. The molecule has 0 spiro atoms. The molecule has 0 aliphatic rings. The topological polar surface area (TPSA) is 38.9 Å². The maximum Gasteiger partial charge on any atom is 0.0912 e. The highest BCUT2D eigenvalue weighted by Gasteiger charge is 2.09. The van der Waals surface area contributed by atoms with Crippen LogP contribution in [0.3, 0.4) is 0 Å². The van der Waals surface area contributed by atoms with E-state index in [1.807, 2.05) is 32.9 Å². The summed E-state index contributed by atoms with van der Waals surface area (Å²) in [6.45, 7) is 5.93. The summed E-state index contributed by atoms with van der Waals surface area (Å²) in [6.07, 6.45) is 0. The SMILES string of the molecule is Cc1cc(Cl)c2nc(C)c(C)c(N)c2c1. The Labute approximate surface area is 94.1 Å². The summed E-state index contributed by atoms with van der Waals surface area (Å²) in [5.41, 5.74) is 10.7. The minimum absolute atomic E-state index is 0.666. The molecule has 0 unspecified atom stereocenters. The van der Waals surface area contributed by atoms with Crippen molar-refractivity contribution in [3.63, 3.8) is 0 Å². The second-order valence-electron chi connectivity index (χ2n) is 3.88. The standard InChI is InChI=1S/C12H13ClN2/c1-6-4-9-11(14)7(2)8(3)15-12(9)10(13)5-6/h4-5H,1-3H3,(H2,14,15). The predicted molar refractivity (Wildman–Crippen MR) is 65.4 cm³/mol. The van der Waals surface area contributed by atoms with Gasteiger partial charge in [-0.25, -0.2) is 0 Å². The number of rotatable bonds is 0. The maximum atomic E-state index is 6.14. The van der Waals surface area contributed by atoms with E-state index >= 15 is 0 Å². The van der Waals surface area contributed by atoms with E-state index in [9.17, 15) is 0 Å². The number of nitrogens with zero attached hydrogens (tertiary/aromatic N) is 1. The Morgan fingerprint density at radius 3 is 2.53 bits per heavy atom. The van der Waals surface area contributed by atoms with Gasteiger partial charge in [0.25, 0.3) is 0 Å². The highest BCUT2D eigenvalue weighted by atomic mass is 35.5. The molecule has 0 atom stereocenters. The highest BCUT2D eigenvalue weighted by molar-refractivity contribution is 6.35. The molecule has 0 saturated heterocycles. The first-order valence-corrected chi connectivity index (χ1v) is 5.21. The lowest BCUT2D eigenvalue weighted by Crippen LogP contribution is -1.98. The highest BCUT2D eigenvalue weighted by Crippen LogP contribution is 2.30. The van der Waals surface area contributed by atoms with Crippen LogP contribution < -0.4 is 5.73 Å².